The molecule has 0 amide bonds. The first-order chi connectivity index (χ1) is 9.13. The van der Waals surface area contributed by atoms with Crippen molar-refractivity contribution in [3.05, 3.63) is 30.1 Å². The Labute approximate surface area is 113 Å². The lowest BCUT2D eigenvalue weighted by molar-refractivity contribution is 0.0109. The van der Waals surface area contributed by atoms with Crippen LogP contribution in [0.3, 0.4) is 0 Å². The molecule has 0 aliphatic carbocycles. The highest BCUT2D eigenvalue weighted by molar-refractivity contribution is 7.89. The predicted octanol–water partition coefficient (Wildman–Crippen LogP) is -0.353. The summed E-state index contributed by atoms with van der Waals surface area (Å²) in [4.78, 5) is 4.11. The summed E-state index contributed by atoms with van der Waals surface area (Å²) < 4.78 is 31.0. The predicted molar refractivity (Wildman–Crippen MR) is 70.1 cm³/mol. The Hall–Kier alpha value is -1.02. The number of aromatic nitrogens is 1. The van der Waals surface area contributed by atoms with E-state index in [1.165, 1.54) is 4.31 Å². The SMILES string of the molecule is O=S(=O)(CCc1ccccn1)N1CCOCC1CO. The van der Waals surface area contributed by atoms with Gasteiger partial charge in [0.05, 0.1) is 31.6 Å². The van der Waals surface area contributed by atoms with Crippen LogP contribution in [0.1, 0.15) is 5.69 Å². The smallest absolute Gasteiger partial charge is 0.214 e. The van der Waals surface area contributed by atoms with Gasteiger partial charge < -0.3 is 9.84 Å². The molecule has 0 aromatic carbocycles. The fraction of sp³-hybridized carbons (Fsp3) is 0.583. The van der Waals surface area contributed by atoms with Gasteiger partial charge in [-0.25, -0.2) is 8.42 Å². The van der Waals surface area contributed by atoms with Crippen molar-refractivity contribution in [1.29, 1.82) is 0 Å². The number of sulfonamides is 1. The van der Waals surface area contributed by atoms with E-state index in [9.17, 15) is 13.5 Å². The highest BCUT2D eigenvalue weighted by atomic mass is 32.2. The second-order valence-corrected chi connectivity index (χ2v) is 6.45. The lowest BCUT2D eigenvalue weighted by atomic mass is 10.3. The van der Waals surface area contributed by atoms with Crippen LogP contribution in [0.2, 0.25) is 0 Å². The number of hydrogen-bond acceptors (Lipinski definition) is 5. The van der Waals surface area contributed by atoms with Crippen LogP contribution in [0.15, 0.2) is 24.4 Å². The third kappa shape index (κ3) is 3.73. The van der Waals surface area contributed by atoms with Gasteiger partial charge >= 0.3 is 0 Å². The molecule has 1 aliphatic rings. The summed E-state index contributed by atoms with van der Waals surface area (Å²) in [7, 11) is -3.39. The minimum atomic E-state index is -3.39. The van der Waals surface area contributed by atoms with E-state index in [1.807, 2.05) is 6.07 Å². The summed E-state index contributed by atoms with van der Waals surface area (Å²) in [5.74, 6) is 0.000509. The molecular formula is C12H18N2O4S. The van der Waals surface area contributed by atoms with E-state index in [2.05, 4.69) is 4.98 Å². The standard InChI is InChI=1S/C12H18N2O4S/c15-9-12-10-18-7-6-14(12)19(16,17)8-4-11-3-1-2-5-13-11/h1-3,5,12,15H,4,6-10H2. The first-order valence-electron chi connectivity index (χ1n) is 6.21. The normalized spacial score (nSPS) is 21.4. The van der Waals surface area contributed by atoms with Crippen LogP contribution >= 0.6 is 0 Å². The van der Waals surface area contributed by atoms with Crippen molar-refractivity contribution in [3.8, 4) is 0 Å². The van der Waals surface area contributed by atoms with Gasteiger partial charge in [-0.2, -0.15) is 4.31 Å². The van der Waals surface area contributed by atoms with Gasteiger partial charge in [0, 0.05) is 24.9 Å². The highest BCUT2D eigenvalue weighted by Gasteiger charge is 2.32. The van der Waals surface area contributed by atoms with Gasteiger partial charge in [-0.05, 0) is 12.1 Å². The Morgan fingerprint density at radius 3 is 3.00 bits per heavy atom. The monoisotopic (exact) mass is 286 g/mol. The van der Waals surface area contributed by atoms with Crippen molar-refractivity contribution in [1.82, 2.24) is 9.29 Å². The summed E-state index contributed by atoms with van der Waals surface area (Å²) in [6.07, 6.45) is 2.02. The zero-order chi connectivity index (χ0) is 13.7. The largest absolute Gasteiger partial charge is 0.395 e. The molecule has 1 aliphatic heterocycles. The molecule has 1 aromatic rings. The average Bonchev–Trinajstić information content (AvgIpc) is 2.46. The van der Waals surface area contributed by atoms with E-state index in [-0.39, 0.29) is 19.0 Å². The highest BCUT2D eigenvalue weighted by Crippen LogP contribution is 2.13. The molecule has 6 nitrogen and oxygen atoms in total. The van der Waals surface area contributed by atoms with Crippen LogP contribution in [0.5, 0.6) is 0 Å². The second kappa shape index (κ2) is 6.42. The van der Waals surface area contributed by atoms with Crippen molar-refractivity contribution in [2.24, 2.45) is 0 Å². The number of ether oxygens (including phenoxy) is 1. The van der Waals surface area contributed by atoms with Crippen LogP contribution in [0.25, 0.3) is 0 Å². The van der Waals surface area contributed by atoms with Gasteiger partial charge in [-0.15, -0.1) is 0 Å². The molecule has 1 aromatic heterocycles. The molecule has 0 bridgehead atoms. The first-order valence-corrected chi connectivity index (χ1v) is 7.82. The minimum Gasteiger partial charge on any atom is -0.395 e. The van der Waals surface area contributed by atoms with Crippen LogP contribution < -0.4 is 0 Å². The molecule has 0 spiro atoms. The topological polar surface area (TPSA) is 79.7 Å². The number of hydrogen-bond donors (Lipinski definition) is 1. The van der Waals surface area contributed by atoms with Crippen molar-refractivity contribution >= 4 is 10.0 Å². The number of aliphatic hydroxyl groups excluding tert-OH is 1. The third-order valence-electron chi connectivity index (χ3n) is 3.08. The number of aliphatic hydroxyl groups is 1. The molecule has 0 radical (unpaired) electrons. The van der Waals surface area contributed by atoms with E-state index in [4.69, 9.17) is 4.74 Å². The van der Waals surface area contributed by atoms with Gasteiger partial charge in [-0.1, -0.05) is 6.07 Å². The molecular weight excluding hydrogens is 268 g/mol. The van der Waals surface area contributed by atoms with E-state index in [0.717, 1.165) is 5.69 Å². The second-order valence-electron chi connectivity index (χ2n) is 4.41. The molecule has 0 saturated carbocycles. The number of morpholine rings is 1. The van der Waals surface area contributed by atoms with Crippen molar-refractivity contribution in [2.45, 2.75) is 12.5 Å². The van der Waals surface area contributed by atoms with Crippen LogP contribution in [-0.2, 0) is 21.2 Å². The van der Waals surface area contributed by atoms with Crippen molar-refractivity contribution in [2.75, 3.05) is 32.1 Å². The number of pyridine rings is 1. The third-order valence-corrected chi connectivity index (χ3v) is 5.00. The molecule has 1 N–H and O–H groups in total. The number of aryl methyl sites for hydroxylation is 1. The van der Waals surface area contributed by atoms with Gasteiger partial charge in [0.1, 0.15) is 0 Å². The van der Waals surface area contributed by atoms with Gasteiger partial charge in [0.2, 0.25) is 10.0 Å². The van der Waals surface area contributed by atoms with Gasteiger partial charge in [0.25, 0.3) is 0 Å². The first kappa shape index (κ1) is 14.4. The van der Waals surface area contributed by atoms with E-state index >= 15 is 0 Å². The van der Waals surface area contributed by atoms with Crippen LogP contribution in [-0.4, -0.2) is 61.0 Å². The molecule has 1 saturated heterocycles. The molecule has 7 heteroatoms. The van der Waals surface area contributed by atoms with E-state index in [0.29, 0.717) is 19.6 Å². The lowest BCUT2D eigenvalue weighted by Crippen LogP contribution is -2.51. The zero-order valence-electron chi connectivity index (χ0n) is 10.6. The summed E-state index contributed by atoms with van der Waals surface area (Å²) in [6, 6.07) is 4.96. The van der Waals surface area contributed by atoms with E-state index < -0.39 is 16.1 Å². The quantitative estimate of drug-likeness (QED) is 0.800. The zero-order valence-corrected chi connectivity index (χ0v) is 11.4. The Bertz CT molecular complexity index is 492. The minimum absolute atomic E-state index is 0.000509. The van der Waals surface area contributed by atoms with Gasteiger partial charge in [0.15, 0.2) is 0 Å². The maximum atomic E-state index is 12.3. The summed E-state index contributed by atoms with van der Waals surface area (Å²) in [5, 5.41) is 9.21. The molecule has 19 heavy (non-hydrogen) atoms. The Kier molecular flexibility index (Phi) is 4.87. The van der Waals surface area contributed by atoms with Crippen LogP contribution in [0.4, 0.5) is 0 Å². The Morgan fingerprint density at radius 1 is 1.47 bits per heavy atom. The maximum Gasteiger partial charge on any atom is 0.214 e. The Balaban J connectivity index is 2.01. The molecule has 1 unspecified atom stereocenters. The fourth-order valence-electron chi connectivity index (χ4n) is 2.05. The lowest BCUT2D eigenvalue weighted by Gasteiger charge is -2.33. The summed E-state index contributed by atoms with van der Waals surface area (Å²) in [6.45, 7) is 0.706. The molecule has 1 fully saturated rings. The molecule has 1 atom stereocenters. The number of rotatable bonds is 5. The van der Waals surface area contributed by atoms with E-state index in [1.54, 1.807) is 18.3 Å². The molecule has 2 rings (SSSR count). The molecule has 106 valence electrons. The summed E-state index contributed by atoms with van der Waals surface area (Å²) >= 11 is 0. The average molecular weight is 286 g/mol. The molecule has 2 heterocycles. The Morgan fingerprint density at radius 2 is 2.32 bits per heavy atom. The van der Waals surface area contributed by atoms with Crippen LogP contribution in [0, 0.1) is 0 Å². The number of nitrogens with zero attached hydrogens (tertiary/aromatic N) is 2. The summed E-state index contributed by atoms with van der Waals surface area (Å²) in [5.41, 5.74) is 0.750. The van der Waals surface area contributed by atoms with Crippen molar-refractivity contribution < 1.29 is 18.3 Å². The maximum absolute atomic E-state index is 12.3. The fourth-order valence-corrected chi connectivity index (χ4v) is 3.68. The van der Waals surface area contributed by atoms with Gasteiger partial charge in [-0.3, -0.25) is 4.98 Å². The van der Waals surface area contributed by atoms with Crippen molar-refractivity contribution in [3.63, 3.8) is 0 Å².